The number of hydrogen-bond donors (Lipinski definition) is 0. The van der Waals surface area contributed by atoms with Crippen LogP contribution in [0.5, 0.6) is 5.75 Å². The van der Waals surface area contributed by atoms with Crippen LogP contribution >= 0.6 is 0 Å². The molecular weight excluding hydrogens is 298 g/mol. The monoisotopic (exact) mass is 317 g/mol. The van der Waals surface area contributed by atoms with Crippen molar-refractivity contribution < 1.29 is 4.74 Å². The molecule has 120 valence electrons. The highest BCUT2D eigenvalue weighted by Crippen LogP contribution is 2.45. The van der Waals surface area contributed by atoms with Crippen LogP contribution in [0.1, 0.15) is 22.7 Å². The van der Waals surface area contributed by atoms with Crippen molar-refractivity contribution in [1.82, 2.24) is 9.97 Å². The summed E-state index contributed by atoms with van der Waals surface area (Å²) in [4.78, 5) is 11.3. The van der Waals surface area contributed by atoms with Gasteiger partial charge >= 0.3 is 0 Å². The quantitative estimate of drug-likeness (QED) is 0.724. The Morgan fingerprint density at radius 3 is 2.46 bits per heavy atom. The van der Waals surface area contributed by atoms with Gasteiger partial charge in [0, 0.05) is 12.4 Å². The Morgan fingerprint density at radius 1 is 1.00 bits per heavy atom. The van der Waals surface area contributed by atoms with E-state index in [2.05, 4.69) is 52.1 Å². The predicted molar refractivity (Wildman–Crippen MR) is 94.8 cm³/mol. The van der Waals surface area contributed by atoms with E-state index in [1.165, 1.54) is 22.4 Å². The van der Waals surface area contributed by atoms with E-state index in [0.29, 0.717) is 0 Å². The van der Waals surface area contributed by atoms with Crippen LogP contribution in [0.4, 0.5) is 11.6 Å². The summed E-state index contributed by atoms with van der Waals surface area (Å²) in [5, 5.41) is 0. The fourth-order valence-electron chi connectivity index (χ4n) is 3.43. The normalized spacial score (nSPS) is 16.1. The first kappa shape index (κ1) is 14.7. The molecule has 3 aromatic rings. The number of anilines is 2. The third-order valence-electron chi connectivity index (χ3n) is 4.56. The molecule has 4 heteroatoms. The highest BCUT2D eigenvalue weighted by Gasteiger charge is 2.34. The smallest absolute Gasteiger partial charge is 0.230 e. The molecule has 1 aliphatic heterocycles. The molecule has 1 unspecified atom stereocenters. The Bertz CT molecular complexity index is 847. The van der Waals surface area contributed by atoms with Crippen LogP contribution in [0.3, 0.4) is 0 Å². The fourth-order valence-corrected chi connectivity index (χ4v) is 3.43. The van der Waals surface area contributed by atoms with Gasteiger partial charge in [-0.05, 0) is 48.2 Å². The molecule has 0 fully saturated rings. The number of rotatable bonds is 3. The van der Waals surface area contributed by atoms with Crippen molar-refractivity contribution in [1.29, 1.82) is 0 Å². The van der Waals surface area contributed by atoms with E-state index in [4.69, 9.17) is 4.74 Å². The van der Waals surface area contributed by atoms with Gasteiger partial charge in [0.25, 0.3) is 0 Å². The van der Waals surface area contributed by atoms with Crippen LogP contribution in [0.25, 0.3) is 0 Å². The van der Waals surface area contributed by atoms with Crippen molar-refractivity contribution in [3.05, 3.63) is 77.6 Å². The van der Waals surface area contributed by atoms with E-state index in [1.54, 1.807) is 19.5 Å². The van der Waals surface area contributed by atoms with Gasteiger partial charge in [-0.3, -0.25) is 0 Å². The second-order valence-corrected chi connectivity index (χ2v) is 5.99. The number of ether oxygens (including phenoxy) is 1. The molecule has 2 heterocycles. The minimum absolute atomic E-state index is 0.189. The minimum Gasteiger partial charge on any atom is -0.497 e. The van der Waals surface area contributed by atoms with Crippen molar-refractivity contribution in [3.8, 4) is 5.75 Å². The molecule has 0 spiro atoms. The summed E-state index contributed by atoms with van der Waals surface area (Å²) in [6.07, 6.45) is 4.54. The number of para-hydroxylation sites is 1. The van der Waals surface area contributed by atoms with Gasteiger partial charge in [-0.25, -0.2) is 9.97 Å². The van der Waals surface area contributed by atoms with Gasteiger partial charge < -0.3 is 9.64 Å². The first-order valence-corrected chi connectivity index (χ1v) is 8.06. The number of aromatic nitrogens is 2. The van der Waals surface area contributed by atoms with Crippen molar-refractivity contribution in [2.75, 3.05) is 12.0 Å². The SMILES string of the molecule is COc1ccc(C2Cc3cccc(C)c3N2c2ncccn2)cc1. The molecule has 2 aromatic carbocycles. The molecule has 0 saturated carbocycles. The molecule has 4 rings (SSSR count). The van der Waals surface area contributed by atoms with Crippen molar-refractivity contribution in [2.24, 2.45) is 0 Å². The van der Waals surface area contributed by atoms with Gasteiger partial charge in [-0.2, -0.15) is 0 Å². The summed E-state index contributed by atoms with van der Waals surface area (Å²) in [6, 6.07) is 16.8. The third kappa shape index (κ3) is 2.40. The van der Waals surface area contributed by atoms with E-state index in [0.717, 1.165) is 18.1 Å². The second-order valence-electron chi connectivity index (χ2n) is 5.99. The molecule has 0 bridgehead atoms. The zero-order chi connectivity index (χ0) is 16.5. The van der Waals surface area contributed by atoms with E-state index < -0.39 is 0 Å². The lowest BCUT2D eigenvalue weighted by Gasteiger charge is -2.27. The van der Waals surface area contributed by atoms with Gasteiger partial charge in [0.05, 0.1) is 18.8 Å². The summed E-state index contributed by atoms with van der Waals surface area (Å²) in [7, 11) is 1.69. The largest absolute Gasteiger partial charge is 0.497 e. The van der Waals surface area contributed by atoms with Crippen LogP contribution < -0.4 is 9.64 Å². The number of benzene rings is 2. The molecule has 0 N–H and O–H groups in total. The predicted octanol–water partition coefficient (Wildman–Crippen LogP) is 4.23. The molecule has 0 saturated heterocycles. The number of aryl methyl sites for hydroxylation is 1. The summed E-state index contributed by atoms with van der Waals surface area (Å²) in [6.45, 7) is 2.14. The van der Waals surface area contributed by atoms with Crippen molar-refractivity contribution >= 4 is 11.6 Å². The van der Waals surface area contributed by atoms with E-state index in [-0.39, 0.29) is 6.04 Å². The number of hydrogen-bond acceptors (Lipinski definition) is 4. The lowest BCUT2D eigenvalue weighted by atomic mass is 10.0. The maximum atomic E-state index is 5.29. The molecule has 0 aliphatic carbocycles. The fraction of sp³-hybridized carbons (Fsp3) is 0.200. The van der Waals surface area contributed by atoms with Crippen molar-refractivity contribution in [2.45, 2.75) is 19.4 Å². The lowest BCUT2D eigenvalue weighted by Crippen LogP contribution is -2.22. The summed E-state index contributed by atoms with van der Waals surface area (Å²) >= 11 is 0. The zero-order valence-corrected chi connectivity index (χ0v) is 13.8. The summed E-state index contributed by atoms with van der Waals surface area (Å²) < 4.78 is 5.29. The standard InChI is InChI=1S/C20H19N3O/c1-14-5-3-6-16-13-18(15-7-9-17(24-2)10-8-15)23(19(14)16)20-21-11-4-12-22-20/h3-12,18H,13H2,1-2H3. The van der Waals surface area contributed by atoms with Gasteiger partial charge in [-0.1, -0.05) is 30.3 Å². The minimum atomic E-state index is 0.189. The molecule has 1 atom stereocenters. The Balaban J connectivity index is 1.83. The maximum absolute atomic E-state index is 5.29. The third-order valence-corrected chi connectivity index (χ3v) is 4.56. The van der Waals surface area contributed by atoms with Gasteiger partial charge in [-0.15, -0.1) is 0 Å². The summed E-state index contributed by atoms with van der Waals surface area (Å²) in [5.74, 6) is 1.61. The lowest BCUT2D eigenvalue weighted by molar-refractivity contribution is 0.414. The average Bonchev–Trinajstić information content (AvgIpc) is 3.03. The van der Waals surface area contributed by atoms with Gasteiger partial charge in [0.15, 0.2) is 0 Å². The second kappa shape index (κ2) is 5.96. The topological polar surface area (TPSA) is 38.2 Å². The number of methoxy groups -OCH3 is 1. The Labute approximate surface area is 141 Å². The first-order chi connectivity index (χ1) is 11.8. The highest BCUT2D eigenvalue weighted by molar-refractivity contribution is 5.71. The molecule has 1 aromatic heterocycles. The van der Waals surface area contributed by atoms with E-state index in [9.17, 15) is 0 Å². The molecule has 0 amide bonds. The average molecular weight is 317 g/mol. The van der Waals surface area contributed by atoms with Crippen LogP contribution in [0.15, 0.2) is 60.9 Å². The Kier molecular flexibility index (Phi) is 3.65. The van der Waals surface area contributed by atoms with E-state index in [1.807, 2.05) is 18.2 Å². The number of fused-ring (bicyclic) bond motifs is 1. The molecule has 24 heavy (non-hydrogen) atoms. The van der Waals surface area contributed by atoms with Crippen LogP contribution in [0.2, 0.25) is 0 Å². The van der Waals surface area contributed by atoms with E-state index >= 15 is 0 Å². The summed E-state index contributed by atoms with van der Waals surface area (Å²) in [5.41, 5.74) is 5.04. The highest BCUT2D eigenvalue weighted by atomic mass is 16.5. The molecule has 4 nitrogen and oxygen atoms in total. The molecule has 1 aliphatic rings. The van der Waals surface area contributed by atoms with Gasteiger partial charge in [0.1, 0.15) is 5.75 Å². The van der Waals surface area contributed by atoms with Crippen LogP contribution in [-0.2, 0) is 6.42 Å². The maximum Gasteiger partial charge on any atom is 0.230 e. The molecule has 0 radical (unpaired) electrons. The first-order valence-electron chi connectivity index (χ1n) is 8.06. The number of nitrogens with zero attached hydrogens (tertiary/aromatic N) is 3. The van der Waals surface area contributed by atoms with Crippen LogP contribution in [-0.4, -0.2) is 17.1 Å². The Hall–Kier alpha value is -2.88. The zero-order valence-electron chi connectivity index (χ0n) is 13.8. The Morgan fingerprint density at radius 2 is 1.75 bits per heavy atom. The van der Waals surface area contributed by atoms with Crippen molar-refractivity contribution in [3.63, 3.8) is 0 Å². The molecular formula is C20H19N3O. The van der Waals surface area contributed by atoms with Crippen LogP contribution in [0, 0.1) is 6.92 Å². The van der Waals surface area contributed by atoms with Gasteiger partial charge in [0.2, 0.25) is 5.95 Å².